The molecule has 0 saturated carbocycles. The van der Waals surface area contributed by atoms with Gasteiger partial charge in [0.25, 0.3) is 0 Å². The molecule has 3 rings (SSSR count). The third-order valence-corrected chi connectivity index (χ3v) is 5.81. The second-order valence-electron chi connectivity index (χ2n) is 4.65. The van der Waals surface area contributed by atoms with E-state index < -0.39 is 0 Å². The quantitative estimate of drug-likeness (QED) is 0.715. The maximum Gasteiger partial charge on any atom is 0.0490 e. The molecule has 0 atom stereocenters. The van der Waals surface area contributed by atoms with E-state index in [2.05, 4.69) is 76.9 Å². The topological polar surface area (TPSA) is 28.7 Å². The van der Waals surface area contributed by atoms with E-state index in [1.165, 1.54) is 16.3 Å². The molecular weight excluding hydrogens is 263 g/mol. The number of hydrogen-bond donors (Lipinski definition) is 1. The number of H-pyrrole nitrogens is 1. The summed E-state index contributed by atoms with van der Waals surface area (Å²) in [7, 11) is -0.303. The third-order valence-electron chi connectivity index (χ3n) is 3.30. The molecule has 0 unspecified atom stereocenters. The van der Waals surface area contributed by atoms with Gasteiger partial charge in [0, 0.05) is 11.9 Å². The van der Waals surface area contributed by atoms with Gasteiger partial charge in [-0.1, -0.05) is 60.7 Å². The number of nitrogens with zero attached hydrogens (tertiary/aromatic N) is 1. The maximum absolute atomic E-state index is 4.03. The average Bonchev–Trinajstić information content (AvgIpc) is 3.03. The standard InChI is InChI=1S/C17H17N2P/c1-3-7-16(8-4-1)20(17-9-5-2-6-10-17)14-12-15-11-13-18-19-15/h1-11,13H,12,14H2,(H,18,19). The van der Waals surface area contributed by atoms with Gasteiger partial charge in [-0.05, 0) is 37.2 Å². The summed E-state index contributed by atoms with van der Waals surface area (Å²) in [6, 6.07) is 23.7. The second kappa shape index (κ2) is 6.49. The van der Waals surface area contributed by atoms with E-state index in [0.717, 1.165) is 12.6 Å². The molecule has 1 aromatic heterocycles. The zero-order valence-electron chi connectivity index (χ0n) is 11.2. The second-order valence-corrected chi connectivity index (χ2v) is 6.99. The first kappa shape index (κ1) is 13.1. The Labute approximate surface area is 120 Å². The molecule has 0 bridgehead atoms. The highest BCUT2D eigenvalue weighted by Gasteiger charge is 2.13. The van der Waals surface area contributed by atoms with Gasteiger partial charge in [0.2, 0.25) is 0 Å². The Balaban J connectivity index is 1.84. The van der Waals surface area contributed by atoms with E-state index in [0.29, 0.717) is 0 Å². The minimum atomic E-state index is -0.303. The van der Waals surface area contributed by atoms with Crippen molar-refractivity contribution in [3.05, 3.63) is 78.6 Å². The van der Waals surface area contributed by atoms with Crippen molar-refractivity contribution in [1.82, 2.24) is 10.2 Å². The fourth-order valence-corrected chi connectivity index (χ4v) is 4.62. The van der Waals surface area contributed by atoms with Crippen LogP contribution >= 0.6 is 7.92 Å². The van der Waals surface area contributed by atoms with Crippen LogP contribution in [0.4, 0.5) is 0 Å². The van der Waals surface area contributed by atoms with Crippen LogP contribution in [0.5, 0.6) is 0 Å². The summed E-state index contributed by atoms with van der Waals surface area (Å²) in [6.07, 6.45) is 4.00. The van der Waals surface area contributed by atoms with Gasteiger partial charge in [0.05, 0.1) is 0 Å². The Morgan fingerprint density at radius 2 is 1.40 bits per heavy atom. The van der Waals surface area contributed by atoms with Crippen LogP contribution in [0.1, 0.15) is 5.69 Å². The highest BCUT2D eigenvalue weighted by atomic mass is 31.1. The fraction of sp³-hybridized carbons (Fsp3) is 0.118. The summed E-state index contributed by atoms with van der Waals surface area (Å²) in [4.78, 5) is 0. The Bertz CT molecular complexity index is 581. The Hall–Kier alpha value is -1.92. The molecule has 0 amide bonds. The van der Waals surface area contributed by atoms with Crippen molar-refractivity contribution in [2.24, 2.45) is 0 Å². The van der Waals surface area contributed by atoms with E-state index in [1.54, 1.807) is 0 Å². The molecular formula is C17H17N2P. The van der Waals surface area contributed by atoms with Crippen molar-refractivity contribution in [3.63, 3.8) is 0 Å². The predicted octanol–water partition coefficient (Wildman–Crippen LogP) is 3.09. The van der Waals surface area contributed by atoms with Crippen LogP contribution in [0.3, 0.4) is 0 Å². The van der Waals surface area contributed by atoms with Gasteiger partial charge in [-0.3, -0.25) is 5.10 Å². The van der Waals surface area contributed by atoms with Crippen molar-refractivity contribution < 1.29 is 0 Å². The fourth-order valence-electron chi connectivity index (χ4n) is 2.28. The van der Waals surface area contributed by atoms with Crippen LogP contribution in [-0.2, 0) is 6.42 Å². The molecule has 2 nitrogen and oxygen atoms in total. The average molecular weight is 280 g/mol. The van der Waals surface area contributed by atoms with Crippen molar-refractivity contribution in [3.8, 4) is 0 Å². The highest BCUT2D eigenvalue weighted by molar-refractivity contribution is 7.73. The van der Waals surface area contributed by atoms with Crippen molar-refractivity contribution in [1.29, 1.82) is 0 Å². The molecule has 0 aliphatic rings. The van der Waals surface area contributed by atoms with E-state index in [-0.39, 0.29) is 7.92 Å². The van der Waals surface area contributed by atoms with Gasteiger partial charge >= 0.3 is 0 Å². The van der Waals surface area contributed by atoms with Gasteiger partial charge in [0.15, 0.2) is 0 Å². The molecule has 3 heteroatoms. The minimum Gasteiger partial charge on any atom is -0.283 e. The number of rotatable bonds is 5. The minimum absolute atomic E-state index is 0.303. The van der Waals surface area contributed by atoms with Crippen molar-refractivity contribution in [2.75, 3.05) is 6.16 Å². The molecule has 100 valence electrons. The predicted molar refractivity (Wildman–Crippen MR) is 86.2 cm³/mol. The number of benzene rings is 2. The summed E-state index contributed by atoms with van der Waals surface area (Å²) < 4.78 is 0. The first-order chi connectivity index (χ1) is 9.93. The molecule has 20 heavy (non-hydrogen) atoms. The SMILES string of the molecule is c1ccc(P(CCc2ccn[nH]2)c2ccccc2)cc1. The monoisotopic (exact) mass is 280 g/mol. The summed E-state index contributed by atoms with van der Waals surface area (Å²) in [5, 5.41) is 9.96. The number of aryl methyl sites for hydroxylation is 1. The molecule has 0 radical (unpaired) electrons. The lowest BCUT2D eigenvalue weighted by Crippen LogP contribution is -2.14. The number of hydrogen-bond acceptors (Lipinski definition) is 1. The summed E-state index contributed by atoms with van der Waals surface area (Å²) in [5.41, 5.74) is 1.21. The molecule has 0 saturated heterocycles. The molecule has 0 aliphatic carbocycles. The molecule has 0 fully saturated rings. The Morgan fingerprint density at radius 3 is 1.90 bits per heavy atom. The lowest BCUT2D eigenvalue weighted by molar-refractivity contribution is 0.979. The van der Waals surface area contributed by atoms with Gasteiger partial charge in [-0.2, -0.15) is 5.10 Å². The summed E-state index contributed by atoms with van der Waals surface area (Å²) >= 11 is 0. The molecule has 1 N–H and O–H groups in total. The summed E-state index contributed by atoms with van der Waals surface area (Å²) in [5.74, 6) is 0. The largest absolute Gasteiger partial charge is 0.283 e. The lowest BCUT2D eigenvalue weighted by atomic mass is 10.3. The van der Waals surface area contributed by atoms with Crippen molar-refractivity contribution in [2.45, 2.75) is 6.42 Å². The van der Waals surface area contributed by atoms with Gasteiger partial charge in [-0.25, -0.2) is 0 Å². The zero-order chi connectivity index (χ0) is 13.6. The van der Waals surface area contributed by atoms with E-state index in [1.807, 2.05) is 6.20 Å². The van der Waals surface area contributed by atoms with Crippen LogP contribution < -0.4 is 10.6 Å². The first-order valence-electron chi connectivity index (χ1n) is 6.79. The van der Waals surface area contributed by atoms with Gasteiger partial charge < -0.3 is 0 Å². The Kier molecular flexibility index (Phi) is 4.25. The molecule has 0 spiro atoms. The smallest absolute Gasteiger partial charge is 0.0490 e. The molecule has 1 heterocycles. The molecule has 2 aromatic carbocycles. The van der Waals surface area contributed by atoms with Gasteiger partial charge in [0.1, 0.15) is 0 Å². The zero-order valence-corrected chi connectivity index (χ0v) is 12.1. The van der Waals surface area contributed by atoms with Crippen molar-refractivity contribution >= 4 is 18.5 Å². The van der Waals surface area contributed by atoms with E-state index in [9.17, 15) is 0 Å². The highest BCUT2D eigenvalue weighted by Crippen LogP contribution is 2.33. The molecule has 3 aromatic rings. The number of aromatic amines is 1. The Morgan fingerprint density at radius 1 is 0.800 bits per heavy atom. The third kappa shape index (κ3) is 3.15. The number of nitrogens with one attached hydrogen (secondary N) is 1. The maximum atomic E-state index is 4.03. The van der Waals surface area contributed by atoms with Crippen LogP contribution in [-0.4, -0.2) is 16.4 Å². The van der Waals surface area contributed by atoms with Crippen LogP contribution in [0.2, 0.25) is 0 Å². The van der Waals surface area contributed by atoms with E-state index >= 15 is 0 Å². The van der Waals surface area contributed by atoms with E-state index in [4.69, 9.17) is 0 Å². The first-order valence-corrected chi connectivity index (χ1v) is 8.32. The molecule has 0 aliphatic heterocycles. The van der Waals surface area contributed by atoms with Crippen LogP contribution in [0.15, 0.2) is 72.9 Å². The number of aromatic nitrogens is 2. The van der Waals surface area contributed by atoms with Gasteiger partial charge in [-0.15, -0.1) is 0 Å². The lowest BCUT2D eigenvalue weighted by Gasteiger charge is -2.18. The van der Waals surface area contributed by atoms with Crippen LogP contribution in [0, 0.1) is 0 Å². The summed E-state index contributed by atoms with van der Waals surface area (Å²) in [6.45, 7) is 0. The van der Waals surface area contributed by atoms with Crippen LogP contribution in [0.25, 0.3) is 0 Å². The normalized spacial score (nSPS) is 10.8.